The molecule has 7 nitrogen and oxygen atoms in total. The summed E-state index contributed by atoms with van der Waals surface area (Å²) in [5, 5.41) is 4.45. The first-order valence-corrected chi connectivity index (χ1v) is 9.63. The minimum atomic E-state index is -4.89. The maximum Gasteiger partial charge on any atom is 0.573 e. The van der Waals surface area contributed by atoms with Crippen LogP contribution in [-0.2, 0) is 0 Å². The van der Waals surface area contributed by atoms with Crippen LogP contribution in [0.5, 0.6) is 5.75 Å². The van der Waals surface area contributed by atoms with Gasteiger partial charge in [0.2, 0.25) is 0 Å². The summed E-state index contributed by atoms with van der Waals surface area (Å²) in [6.07, 6.45) is -3.75. The van der Waals surface area contributed by atoms with Crippen molar-refractivity contribution in [3.05, 3.63) is 77.1 Å². The Hall–Kier alpha value is -4.35. The molecule has 0 spiro atoms. The molecule has 2 aromatic heterocycles. The fourth-order valence-electron chi connectivity index (χ4n) is 3.83. The van der Waals surface area contributed by atoms with E-state index < -0.39 is 35.6 Å². The lowest BCUT2D eigenvalue weighted by Crippen LogP contribution is -2.29. The number of carbonyl (C=O) groups excluding carboxylic acids is 2. The van der Waals surface area contributed by atoms with E-state index >= 15 is 0 Å². The second-order valence-corrected chi connectivity index (χ2v) is 7.36. The highest BCUT2D eigenvalue weighted by Gasteiger charge is 2.40. The Morgan fingerprint density at radius 2 is 1.56 bits per heavy atom. The van der Waals surface area contributed by atoms with E-state index in [2.05, 4.69) is 14.8 Å². The summed E-state index contributed by atoms with van der Waals surface area (Å²) in [6, 6.07) is 6.99. The van der Waals surface area contributed by atoms with Gasteiger partial charge in [-0.3, -0.25) is 9.59 Å². The Morgan fingerprint density at radius 3 is 2.18 bits per heavy atom. The lowest BCUT2D eigenvalue weighted by molar-refractivity contribution is -0.274. The molecular formula is C22H11F5N4O3. The molecular weight excluding hydrogens is 463 g/mol. The predicted octanol–water partition coefficient (Wildman–Crippen LogP) is 4.71. The third-order valence-electron chi connectivity index (χ3n) is 5.14. The first kappa shape index (κ1) is 21.5. The molecule has 3 heterocycles. The van der Waals surface area contributed by atoms with Gasteiger partial charge in [0.25, 0.3) is 11.8 Å². The smallest absolute Gasteiger partial charge is 0.406 e. The lowest BCUT2D eigenvalue weighted by Gasteiger charge is -2.15. The maximum absolute atomic E-state index is 13.7. The van der Waals surface area contributed by atoms with Crippen molar-refractivity contribution in [3.63, 3.8) is 0 Å². The third kappa shape index (κ3) is 3.43. The van der Waals surface area contributed by atoms with Crippen LogP contribution in [0, 0.1) is 18.6 Å². The number of ether oxygens (including phenoxy) is 1. The molecule has 0 bridgehead atoms. The van der Waals surface area contributed by atoms with Gasteiger partial charge in [-0.15, -0.1) is 13.2 Å². The number of hydrogen-bond donors (Lipinski definition) is 0. The van der Waals surface area contributed by atoms with E-state index in [1.54, 1.807) is 6.92 Å². The molecule has 2 amide bonds. The van der Waals surface area contributed by atoms with Gasteiger partial charge >= 0.3 is 6.36 Å². The van der Waals surface area contributed by atoms with Crippen LogP contribution in [0.25, 0.3) is 16.7 Å². The Kier molecular flexibility index (Phi) is 4.64. The van der Waals surface area contributed by atoms with Crippen molar-refractivity contribution >= 4 is 28.5 Å². The second kappa shape index (κ2) is 7.33. The number of anilines is 1. The number of imide groups is 1. The average Bonchev–Trinajstić information content (AvgIpc) is 3.21. The molecule has 2 aromatic carbocycles. The van der Waals surface area contributed by atoms with Crippen LogP contribution in [0.4, 0.5) is 27.6 Å². The van der Waals surface area contributed by atoms with Crippen molar-refractivity contribution in [1.29, 1.82) is 0 Å². The molecule has 5 rings (SSSR count). The molecule has 172 valence electrons. The van der Waals surface area contributed by atoms with Crippen molar-refractivity contribution in [1.82, 2.24) is 14.8 Å². The zero-order valence-electron chi connectivity index (χ0n) is 17.0. The zero-order valence-corrected chi connectivity index (χ0v) is 17.0. The largest absolute Gasteiger partial charge is 0.573 e. The molecule has 34 heavy (non-hydrogen) atoms. The standard InChI is InChI=1S/C22H11F5N4O3/c1-10-17-18-16(9-28-19(17)31(29-10)14-7-11(23)6-12(24)8-14)20(32)30(21(18)33)13-2-4-15(5-3-13)34-22(25,26)27/h2-9H,1H3. The summed E-state index contributed by atoms with van der Waals surface area (Å²) >= 11 is 0. The van der Waals surface area contributed by atoms with Crippen LogP contribution in [0.15, 0.2) is 48.7 Å². The van der Waals surface area contributed by atoms with E-state index in [0.717, 1.165) is 52.2 Å². The fourth-order valence-corrected chi connectivity index (χ4v) is 3.83. The Morgan fingerprint density at radius 1 is 0.912 bits per heavy atom. The number of carbonyl (C=O) groups is 2. The van der Waals surface area contributed by atoms with Crippen LogP contribution < -0.4 is 9.64 Å². The quantitative estimate of drug-likeness (QED) is 0.318. The number of amides is 2. The van der Waals surface area contributed by atoms with E-state index in [1.807, 2.05) is 0 Å². The fraction of sp³-hybridized carbons (Fsp3) is 0.0909. The minimum absolute atomic E-state index is 0.0196. The number of alkyl halides is 3. The van der Waals surface area contributed by atoms with E-state index in [0.29, 0.717) is 6.07 Å². The predicted molar refractivity (Wildman–Crippen MR) is 108 cm³/mol. The lowest BCUT2D eigenvalue weighted by atomic mass is 10.1. The number of fused-ring (bicyclic) bond motifs is 3. The van der Waals surface area contributed by atoms with Gasteiger partial charge in [-0.2, -0.15) is 5.10 Å². The zero-order chi connectivity index (χ0) is 24.4. The van der Waals surface area contributed by atoms with Crippen molar-refractivity contribution in [2.24, 2.45) is 0 Å². The van der Waals surface area contributed by atoms with Gasteiger partial charge in [0.05, 0.1) is 33.6 Å². The first-order chi connectivity index (χ1) is 16.0. The minimum Gasteiger partial charge on any atom is -0.406 e. The molecule has 0 unspecified atom stereocenters. The Bertz CT molecular complexity index is 1480. The molecule has 0 saturated heterocycles. The number of nitrogens with zero attached hydrogens (tertiary/aromatic N) is 4. The van der Waals surface area contributed by atoms with Crippen molar-refractivity contribution in [3.8, 4) is 11.4 Å². The number of aromatic nitrogens is 3. The van der Waals surface area contributed by atoms with Crippen LogP contribution >= 0.6 is 0 Å². The molecule has 0 N–H and O–H groups in total. The number of pyridine rings is 1. The summed E-state index contributed by atoms with van der Waals surface area (Å²) in [5.41, 5.74) is 0.356. The van der Waals surface area contributed by atoms with Gasteiger partial charge in [-0.1, -0.05) is 0 Å². The van der Waals surface area contributed by atoms with E-state index in [1.165, 1.54) is 0 Å². The molecule has 0 aliphatic carbocycles. The topological polar surface area (TPSA) is 77.3 Å². The van der Waals surface area contributed by atoms with Gasteiger partial charge in [0.1, 0.15) is 17.4 Å². The van der Waals surface area contributed by atoms with Crippen molar-refractivity contribution in [2.45, 2.75) is 13.3 Å². The SMILES string of the molecule is Cc1nn(-c2cc(F)cc(F)c2)c2ncc3c(c12)C(=O)N(c1ccc(OC(F)(F)F)cc1)C3=O. The summed E-state index contributed by atoms with van der Waals surface area (Å²) < 4.78 is 69.6. The monoisotopic (exact) mass is 474 g/mol. The molecule has 1 aliphatic rings. The van der Waals surface area contributed by atoms with Crippen molar-refractivity contribution in [2.75, 3.05) is 4.90 Å². The van der Waals surface area contributed by atoms with E-state index in [4.69, 9.17) is 0 Å². The van der Waals surface area contributed by atoms with E-state index in [9.17, 15) is 31.5 Å². The summed E-state index contributed by atoms with van der Waals surface area (Å²) in [6.45, 7) is 1.54. The summed E-state index contributed by atoms with van der Waals surface area (Å²) in [7, 11) is 0. The van der Waals surface area contributed by atoms with Gasteiger partial charge in [0.15, 0.2) is 5.65 Å². The number of rotatable bonds is 3. The summed E-state index contributed by atoms with van der Waals surface area (Å²) in [5.74, 6) is -3.68. The van der Waals surface area contributed by atoms with Gasteiger partial charge in [-0.05, 0) is 43.3 Å². The van der Waals surface area contributed by atoms with Crippen LogP contribution in [0.2, 0.25) is 0 Å². The van der Waals surface area contributed by atoms with Crippen LogP contribution in [0.1, 0.15) is 26.4 Å². The molecule has 4 aromatic rings. The normalized spacial score (nSPS) is 13.6. The highest BCUT2D eigenvalue weighted by Crippen LogP contribution is 2.35. The average molecular weight is 474 g/mol. The number of benzene rings is 2. The third-order valence-corrected chi connectivity index (χ3v) is 5.14. The molecule has 0 radical (unpaired) electrons. The maximum atomic E-state index is 13.7. The Balaban J connectivity index is 1.59. The Labute approximate surface area is 187 Å². The number of hydrogen-bond acceptors (Lipinski definition) is 5. The van der Waals surface area contributed by atoms with Crippen LogP contribution in [0.3, 0.4) is 0 Å². The van der Waals surface area contributed by atoms with Crippen molar-refractivity contribution < 1.29 is 36.3 Å². The second-order valence-electron chi connectivity index (χ2n) is 7.36. The highest BCUT2D eigenvalue weighted by molar-refractivity contribution is 6.37. The molecule has 0 fully saturated rings. The number of halogens is 5. The van der Waals surface area contributed by atoms with Crippen LogP contribution in [-0.4, -0.2) is 32.9 Å². The van der Waals surface area contributed by atoms with Gasteiger partial charge in [-0.25, -0.2) is 23.3 Å². The molecule has 0 saturated carbocycles. The molecule has 0 atom stereocenters. The first-order valence-electron chi connectivity index (χ1n) is 9.63. The van der Waals surface area contributed by atoms with Gasteiger partial charge < -0.3 is 4.74 Å². The highest BCUT2D eigenvalue weighted by atomic mass is 19.4. The molecule has 12 heteroatoms. The molecule has 1 aliphatic heterocycles. The number of aryl methyl sites for hydroxylation is 1. The summed E-state index contributed by atoms with van der Waals surface area (Å²) in [4.78, 5) is 31.2. The van der Waals surface area contributed by atoms with Gasteiger partial charge in [0, 0.05) is 12.3 Å². The van der Waals surface area contributed by atoms with E-state index in [-0.39, 0.29) is 39.2 Å².